The molecule has 26 heavy (non-hydrogen) atoms. The average Bonchev–Trinajstić information content (AvgIpc) is 3.10. The van der Waals surface area contributed by atoms with Crippen LogP contribution in [0.3, 0.4) is 0 Å². The van der Waals surface area contributed by atoms with E-state index >= 15 is 0 Å². The SMILES string of the molecule is CCNC(=NCCc1ccc2c(c1)OCO2)N1CCC(OCC)CC1.I. The van der Waals surface area contributed by atoms with Gasteiger partial charge in [0.15, 0.2) is 17.5 Å². The van der Waals surface area contributed by atoms with Crippen LogP contribution in [0.25, 0.3) is 0 Å². The number of nitrogens with zero attached hydrogens (tertiary/aromatic N) is 2. The number of fused-ring (bicyclic) bond motifs is 1. The summed E-state index contributed by atoms with van der Waals surface area (Å²) < 4.78 is 16.5. The number of nitrogens with one attached hydrogen (secondary N) is 1. The van der Waals surface area contributed by atoms with Crippen LogP contribution in [0.1, 0.15) is 32.3 Å². The Hall–Kier alpha value is -1.22. The monoisotopic (exact) mass is 475 g/mol. The molecule has 1 fully saturated rings. The van der Waals surface area contributed by atoms with Gasteiger partial charge in [-0.3, -0.25) is 4.99 Å². The number of likely N-dealkylation sites (tertiary alicyclic amines) is 1. The third-order valence-corrected chi connectivity index (χ3v) is 4.58. The third kappa shape index (κ3) is 5.64. The molecule has 0 bridgehead atoms. The Morgan fingerprint density at radius 1 is 1.23 bits per heavy atom. The maximum atomic E-state index is 5.74. The zero-order valence-electron chi connectivity index (χ0n) is 15.7. The zero-order chi connectivity index (χ0) is 17.5. The maximum Gasteiger partial charge on any atom is 0.231 e. The van der Waals surface area contributed by atoms with Crippen LogP contribution < -0.4 is 14.8 Å². The number of hydrogen-bond acceptors (Lipinski definition) is 4. The van der Waals surface area contributed by atoms with E-state index in [1.165, 1.54) is 5.56 Å². The van der Waals surface area contributed by atoms with E-state index < -0.39 is 0 Å². The highest BCUT2D eigenvalue weighted by Gasteiger charge is 2.21. The second kappa shape index (κ2) is 10.8. The minimum Gasteiger partial charge on any atom is -0.454 e. The van der Waals surface area contributed by atoms with Gasteiger partial charge in [0.25, 0.3) is 0 Å². The quantitative estimate of drug-likeness (QED) is 0.390. The Morgan fingerprint density at radius 2 is 2.00 bits per heavy atom. The van der Waals surface area contributed by atoms with Crippen LogP contribution in [-0.4, -0.2) is 56.5 Å². The molecule has 0 atom stereocenters. The summed E-state index contributed by atoms with van der Waals surface area (Å²) in [6.45, 7) is 8.94. The van der Waals surface area contributed by atoms with E-state index in [-0.39, 0.29) is 24.0 Å². The number of piperidine rings is 1. The lowest BCUT2D eigenvalue weighted by atomic mass is 10.1. The Labute approximate surface area is 173 Å². The first-order chi connectivity index (χ1) is 12.3. The van der Waals surface area contributed by atoms with Crippen molar-refractivity contribution in [3.05, 3.63) is 23.8 Å². The van der Waals surface area contributed by atoms with Gasteiger partial charge in [-0.25, -0.2) is 0 Å². The Bertz CT molecular complexity index is 589. The van der Waals surface area contributed by atoms with Gasteiger partial charge in [0.2, 0.25) is 6.79 Å². The van der Waals surface area contributed by atoms with Crippen molar-refractivity contribution >= 4 is 29.9 Å². The van der Waals surface area contributed by atoms with Crippen molar-refractivity contribution in [3.8, 4) is 11.5 Å². The number of aliphatic imine (C=N–C) groups is 1. The van der Waals surface area contributed by atoms with Crippen LogP contribution in [0.15, 0.2) is 23.2 Å². The fraction of sp³-hybridized carbons (Fsp3) is 0.632. The molecule has 0 saturated carbocycles. The predicted octanol–water partition coefficient (Wildman–Crippen LogP) is 3.04. The van der Waals surface area contributed by atoms with Crippen molar-refractivity contribution in [1.29, 1.82) is 0 Å². The molecule has 2 aliphatic heterocycles. The molecule has 2 heterocycles. The van der Waals surface area contributed by atoms with Crippen LogP contribution in [-0.2, 0) is 11.2 Å². The summed E-state index contributed by atoms with van der Waals surface area (Å²) in [5, 5.41) is 3.42. The van der Waals surface area contributed by atoms with Crippen LogP contribution in [0.5, 0.6) is 11.5 Å². The number of guanidine groups is 1. The van der Waals surface area contributed by atoms with Crippen molar-refractivity contribution in [1.82, 2.24) is 10.2 Å². The average molecular weight is 475 g/mol. The molecule has 0 amide bonds. The molecule has 0 spiro atoms. The highest BCUT2D eigenvalue weighted by atomic mass is 127. The van der Waals surface area contributed by atoms with Crippen molar-refractivity contribution in [2.45, 2.75) is 39.2 Å². The summed E-state index contributed by atoms with van der Waals surface area (Å²) in [5.74, 6) is 2.68. The van der Waals surface area contributed by atoms with E-state index in [0.717, 1.165) is 69.5 Å². The molecular formula is C19H30IN3O3. The summed E-state index contributed by atoms with van der Waals surface area (Å²) in [6, 6.07) is 6.12. The van der Waals surface area contributed by atoms with E-state index in [2.05, 4.69) is 36.2 Å². The standard InChI is InChI=1S/C19H29N3O3.HI/c1-3-20-19(22-11-8-16(9-12-22)23-4-2)21-10-7-15-5-6-17-18(13-15)25-14-24-17;/h5-6,13,16H,3-4,7-12,14H2,1-2H3,(H,20,21);1H. The van der Waals surface area contributed by atoms with Crippen LogP contribution in [0.2, 0.25) is 0 Å². The molecule has 0 radical (unpaired) electrons. The molecule has 0 unspecified atom stereocenters. The first-order valence-corrected chi connectivity index (χ1v) is 9.33. The summed E-state index contributed by atoms with van der Waals surface area (Å²) in [7, 11) is 0. The van der Waals surface area contributed by atoms with Crippen LogP contribution in [0, 0.1) is 0 Å². The lowest BCUT2D eigenvalue weighted by Gasteiger charge is -2.34. The molecule has 146 valence electrons. The normalized spacial score (nSPS) is 17.2. The molecule has 6 nitrogen and oxygen atoms in total. The van der Waals surface area contributed by atoms with Gasteiger partial charge < -0.3 is 24.4 Å². The Kier molecular flexibility index (Phi) is 8.77. The smallest absolute Gasteiger partial charge is 0.231 e. The lowest BCUT2D eigenvalue weighted by Crippen LogP contribution is -2.47. The topological polar surface area (TPSA) is 55.3 Å². The molecule has 1 aromatic rings. The Morgan fingerprint density at radius 3 is 2.73 bits per heavy atom. The molecule has 1 N–H and O–H groups in total. The van der Waals surface area contributed by atoms with Crippen molar-refractivity contribution < 1.29 is 14.2 Å². The molecule has 1 aromatic carbocycles. The number of hydrogen-bond donors (Lipinski definition) is 1. The van der Waals surface area contributed by atoms with Crippen molar-refractivity contribution in [2.75, 3.05) is 39.6 Å². The van der Waals surface area contributed by atoms with E-state index in [9.17, 15) is 0 Å². The van der Waals surface area contributed by atoms with Gasteiger partial charge in [0, 0.05) is 32.8 Å². The first-order valence-electron chi connectivity index (χ1n) is 9.33. The molecule has 7 heteroatoms. The minimum absolute atomic E-state index is 0. The minimum atomic E-state index is 0. The number of rotatable bonds is 6. The van der Waals surface area contributed by atoms with Gasteiger partial charge in [0.1, 0.15) is 0 Å². The van der Waals surface area contributed by atoms with E-state index in [4.69, 9.17) is 19.2 Å². The van der Waals surface area contributed by atoms with E-state index in [0.29, 0.717) is 12.9 Å². The number of benzene rings is 1. The van der Waals surface area contributed by atoms with Crippen LogP contribution >= 0.6 is 24.0 Å². The summed E-state index contributed by atoms with van der Waals surface area (Å²) >= 11 is 0. The molecule has 0 aromatic heterocycles. The summed E-state index contributed by atoms with van der Waals surface area (Å²) in [5.41, 5.74) is 1.22. The summed E-state index contributed by atoms with van der Waals surface area (Å²) in [6.07, 6.45) is 3.43. The van der Waals surface area contributed by atoms with Gasteiger partial charge in [-0.05, 0) is 50.8 Å². The van der Waals surface area contributed by atoms with Crippen molar-refractivity contribution in [2.24, 2.45) is 4.99 Å². The highest BCUT2D eigenvalue weighted by Crippen LogP contribution is 2.32. The van der Waals surface area contributed by atoms with Gasteiger partial charge in [-0.1, -0.05) is 6.07 Å². The molecule has 0 aliphatic carbocycles. The zero-order valence-corrected chi connectivity index (χ0v) is 18.0. The fourth-order valence-electron chi connectivity index (χ4n) is 3.28. The van der Waals surface area contributed by atoms with Crippen LogP contribution in [0.4, 0.5) is 0 Å². The van der Waals surface area contributed by atoms with E-state index in [1.54, 1.807) is 0 Å². The first kappa shape index (κ1) is 21.1. The Balaban J connectivity index is 0.00000243. The summed E-state index contributed by atoms with van der Waals surface area (Å²) in [4.78, 5) is 7.16. The van der Waals surface area contributed by atoms with Gasteiger partial charge in [0.05, 0.1) is 6.10 Å². The molecule has 1 saturated heterocycles. The molecule has 2 aliphatic rings. The second-order valence-corrected chi connectivity index (χ2v) is 6.32. The van der Waals surface area contributed by atoms with Gasteiger partial charge in [-0.2, -0.15) is 0 Å². The molecule has 3 rings (SSSR count). The largest absolute Gasteiger partial charge is 0.454 e. The third-order valence-electron chi connectivity index (χ3n) is 4.58. The lowest BCUT2D eigenvalue weighted by molar-refractivity contribution is 0.0264. The fourth-order valence-corrected chi connectivity index (χ4v) is 3.28. The highest BCUT2D eigenvalue weighted by molar-refractivity contribution is 14.0. The van der Waals surface area contributed by atoms with Gasteiger partial charge in [-0.15, -0.1) is 24.0 Å². The predicted molar refractivity (Wildman–Crippen MR) is 114 cm³/mol. The maximum absolute atomic E-state index is 5.74. The van der Waals surface area contributed by atoms with E-state index in [1.807, 2.05) is 6.07 Å². The number of ether oxygens (including phenoxy) is 3. The van der Waals surface area contributed by atoms with Gasteiger partial charge >= 0.3 is 0 Å². The molecular weight excluding hydrogens is 445 g/mol. The van der Waals surface area contributed by atoms with Crippen molar-refractivity contribution in [3.63, 3.8) is 0 Å². The number of halogens is 1. The second-order valence-electron chi connectivity index (χ2n) is 6.32.